The van der Waals surface area contributed by atoms with Gasteiger partial charge >= 0.3 is 0 Å². The minimum absolute atomic E-state index is 0.0737. The van der Waals surface area contributed by atoms with Gasteiger partial charge in [0, 0.05) is 23.6 Å². The van der Waals surface area contributed by atoms with E-state index in [-0.39, 0.29) is 19.1 Å². The van der Waals surface area contributed by atoms with Crippen molar-refractivity contribution in [2.24, 2.45) is 0 Å². The largest absolute Gasteiger partial charge is 0.454 e. The molecule has 8 heteroatoms. The maximum Gasteiger partial charge on any atom is 0.261 e. The number of halogens is 2. The Morgan fingerprint density at radius 2 is 2.12 bits per heavy atom. The van der Waals surface area contributed by atoms with E-state index in [0.717, 1.165) is 10.9 Å². The van der Waals surface area contributed by atoms with E-state index in [4.69, 9.17) is 9.47 Å². The van der Waals surface area contributed by atoms with E-state index >= 15 is 0 Å². The van der Waals surface area contributed by atoms with Crippen molar-refractivity contribution in [1.82, 2.24) is 4.98 Å². The van der Waals surface area contributed by atoms with E-state index in [1.807, 2.05) is 0 Å². The molecule has 0 spiro atoms. The molecule has 0 aliphatic carbocycles. The smallest absolute Gasteiger partial charge is 0.261 e. The number of amides is 1. The third kappa shape index (κ3) is 3.23. The van der Waals surface area contributed by atoms with Gasteiger partial charge in [-0.05, 0) is 23.8 Å². The molecule has 0 atom stereocenters. The average molecular weight is 374 g/mol. The van der Waals surface area contributed by atoms with Crippen LogP contribution < -0.4 is 14.8 Å². The molecule has 2 heterocycles. The monoisotopic (exact) mass is 374 g/mol. The van der Waals surface area contributed by atoms with Gasteiger partial charge in [-0.1, -0.05) is 12.1 Å². The van der Waals surface area contributed by atoms with Gasteiger partial charge in [-0.3, -0.25) is 10.1 Å². The number of ether oxygens (including phenoxy) is 2. The first-order chi connectivity index (χ1) is 12.6. The third-order valence-electron chi connectivity index (χ3n) is 3.80. The first-order valence-corrected chi connectivity index (χ1v) is 8.50. The van der Waals surface area contributed by atoms with Crippen LogP contribution in [0.4, 0.5) is 13.9 Å². The summed E-state index contributed by atoms with van der Waals surface area (Å²) in [6.45, 7) is 0.0737. The summed E-state index contributed by atoms with van der Waals surface area (Å²) in [4.78, 5) is 17.3. The van der Waals surface area contributed by atoms with Gasteiger partial charge in [0.2, 0.25) is 6.79 Å². The Balaban J connectivity index is 1.48. The second kappa shape index (κ2) is 6.72. The lowest BCUT2D eigenvalue weighted by Gasteiger charge is -2.05. The summed E-state index contributed by atoms with van der Waals surface area (Å²) in [7, 11) is 0. The molecule has 2 aromatic carbocycles. The zero-order valence-electron chi connectivity index (χ0n) is 13.3. The van der Waals surface area contributed by atoms with E-state index in [2.05, 4.69) is 10.3 Å². The first-order valence-electron chi connectivity index (χ1n) is 7.69. The summed E-state index contributed by atoms with van der Waals surface area (Å²) in [6, 6.07) is 8.50. The van der Waals surface area contributed by atoms with Gasteiger partial charge in [0.05, 0.1) is 5.56 Å². The van der Waals surface area contributed by atoms with Crippen molar-refractivity contribution < 1.29 is 23.0 Å². The fourth-order valence-corrected chi connectivity index (χ4v) is 3.40. The van der Waals surface area contributed by atoms with Crippen molar-refractivity contribution in [2.75, 3.05) is 12.1 Å². The number of nitrogens with zero attached hydrogens (tertiary/aromatic N) is 1. The Hall–Kier alpha value is -3.00. The van der Waals surface area contributed by atoms with Gasteiger partial charge in [0.1, 0.15) is 11.6 Å². The fourth-order valence-electron chi connectivity index (χ4n) is 2.57. The molecule has 132 valence electrons. The van der Waals surface area contributed by atoms with E-state index in [9.17, 15) is 13.6 Å². The van der Waals surface area contributed by atoms with Crippen LogP contribution >= 0.6 is 11.3 Å². The predicted octanol–water partition coefficient (Wildman–Crippen LogP) is 3.99. The Kier molecular flexibility index (Phi) is 4.26. The van der Waals surface area contributed by atoms with Crippen LogP contribution in [0.15, 0.2) is 42.6 Å². The molecule has 0 radical (unpaired) electrons. The number of aromatic nitrogens is 1. The number of nitrogens with one attached hydrogen (secondary N) is 1. The zero-order valence-corrected chi connectivity index (χ0v) is 14.1. The highest BCUT2D eigenvalue weighted by Gasteiger charge is 2.22. The summed E-state index contributed by atoms with van der Waals surface area (Å²) in [6.07, 6.45) is 1.81. The molecule has 4 rings (SSSR count). The molecule has 0 saturated carbocycles. The number of para-hydroxylation sites is 1. The van der Waals surface area contributed by atoms with Crippen molar-refractivity contribution in [2.45, 2.75) is 6.42 Å². The zero-order chi connectivity index (χ0) is 18.1. The SMILES string of the molecule is O=C(Nc1ncc(Cc2ccc(F)cc2F)s1)c1cccc2c1OCO2. The molecule has 0 fully saturated rings. The number of rotatable bonds is 4. The Morgan fingerprint density at radius 3 is 2.96 bits per heavy atom. The van der Waals surface area contributed by atoms with Gasteiger partial charge < -0.3 is 9.47 Å². The summed E-state index contributed by atoms with van der Waals surface area (Å²) in [5.41, 5.74) is 0.709. The summed E-state index contributed by atoms with van der Waals surface area (Å²) < 4.78 is 37.3. The van der Waals surface area contributed by atoms with E-state index < -0.39 is 11.6 Å². The van der Waals surface area contributed by atoms with Crippen molar-refractivity contribution in [3.05, 3.63) is 70.2 Å². The lowest BCUT2D eigenvalue weighted by Crippen LogP contribution is -2.12. The van der Waals surface area contributed by atoms with Crippen LogP contribution in [0.5, 0.6) is 11.5 Å². The summed E-state index contributed by atoms with van der Waals surface area (Å²) >= 11 is 1.22. The maximum absolute atomic E-state index is 13.8. The molecule has 1 N–H and O–H groups in total. The van der Waals surface area contributed by atoms with Gasteiger partial charge in [0.25, 0.3) is 5.91 Å². The van der Waals surface area contributed by atoms with Gasteiger partial charge in [-0.15, -0.1) is 11.3 Å². The maximum atomic E-state index is 13.8. The minimum Gasteiger partial charge on any atom is -0.454 e. The van der Waals surface area contributed by atoms with E-state index in [0.29, 0.717) is 27.8 Å². The van der Waals surface area contributed by atoms with E-state index in [1.165, 1.54) is 23.5 Å². The highest BCUT2D eigenvalue weighted by Crippen LogP contribution is 2.35. The van der Waals surface area contributed by atoms with Crippen LogP contribution in [0.3, 0.4) is 0 Å². The molecule has 1 aliphatic heterocycles. The topological polar surface area (TPSA) is 60.5 Å². The second-order valence-electron chi connectivity index (χ2n) is 5.54. The minimum atomic E-state index is -0.620. The van der Waals surface area contributed by atoms with Crippen LogP contribution in [0.2, 0.25) is 0 Å². The average Bonchev–Trinajstić information content (AvgIpc) is 3.26. The predicted molar refractivity (Wildman–Crippen MR) is 91.8 cm³/mol. The number of carbonyl (C=O) groups excluding carboxylic acids is 1. The Labute approximate surface area is 151 Å². The van der Waals surface area contributed by atoms with Crippen molar-refractivity contribution >= 4 is 22.4 Å². The number of fused-ring (bicyclic) bond motifs is 1. The highest BCUT2D eigenvalue weighted by molar-refractivity contribution is 7.15. The second-order valence-corrected chi connectivity index (χ2v) is 6.65. The highest BCUT2D eigenvalue weighted by atomic mass is 32.1. The number of hydrogen-bond acceptors (Lipinski definition) is 5. The molecular weight excluding hydrogens is 362 g/mol. The van der Waals surface area contributed by atoms with E-state index in [1.54, 1.807) is 24.4 Å². The quantitative estimate of drug-likeness (QED) is 0.750. The number of anilines is 1. The summed E-state index contributed by atoms with van der Waals surface area (Å²) in [5.74, 6) is -0.688. The van der Waals surface area contributed by atoms with Crippen LogP contribution in [-0.4, -0.2) is 17.7 Å². The Morgan fingerprint density at radius 1 is 1.23 bits per heavy atom. The third-order valence-corrected chi connectivity index (χ3v) is 4.71. The van der Waals surface area contributed by atoms with Crippen molar-refractivity contribution in [3.8, 4) is 11.5 Å². The number of hydrogen-bond donors (Lipinski definition) is 1. The number of benzene rings is 2. The molecular formula is C18H12F2N2O3S. The molecule has 3 aromatic rings. The van der Waals surface area contributed by atoms with Gasteiger partial charge in [-0.25, -0.2) is 13.8 Å². The Bertz CT molecular complexity index is 990. The normalized spacial score (nSPS) is 12.2. The number of thiazole rings is 1. The lowest BCUT2D eigenvalue weighted by atomic mass is 10.1. The molecule has 0 unspecified atom stereocenters. The molecule has 0 bridgehead atoms. The first kappa shape index (κ1) is 16.5. The molecule has 5 nitrogen and oxygen atoms in total. The summed E-state index contributed by atoms with van der Waals surface area (Å²) in [5, 5.41) is 3.08. The van der Waals surface area contributed by atoms with Crippen LogP contribution in [0.25, 0.3) is 0 Å². The molecule has 1 amide bonds. The molecule has 1 aromatic heterocycles. The van der Waals surface area contributed by atoms with Crippen molar-refractivity contribution in [3.63, 3.8) is 0 Å². The molecule has 0 saturated heterocycles. The lowest BCUT2D eigenvalue weighted by molar-refractivity contribution is 0.102. The fraction of sp³-hybridized carbons (Fsp3) is 0.111. The molecule has 26 heavy (non-hydrogen) atoms. The standard InChI is InChI=1S/C18H12F2N2O3S/c19-11-5-4-10(14(20)7-11)6-12-8-21-18(26-12)22-17(23)13-2-1-3-15-16(13)25-9-24-15/h1-5,7-8H,6,9H2,(H,21,22,23). The van der Waals surface area contributed by atoms with Crippen LogP contribution in [0, 0.1) is 11.6 Å². The molecule has 1 aliphatic rings. The van der Waals surface area contributed by atoms with Crippen LogP contribution in [-0.2, 0) is 6.42 Å². The van der Waals surface area contributed by atoms with Crippen molar-refractivity contribution in [1.29, 1.82) is 0 Å². The number of carbonyl (C=O) groups is 1. The van der Waals surface area contributed by atoms with Gasteiger partial charge in [-0.2, -0.15) is 0 Å². The van der Waals surface area contributed by atoms with Gasteiger partial charge in [0.15, 0.2) is 16.6 Å². The van der Waals surface area contributed by atoms with Crippen LogP contribution in [0.1, 0.15) is 20.8 Å².